The lowest BCUT2D eigenvalue weighted by atomic mass is 9.87. The summed E-state index contributed by atoms with van der Waals surface area (Å²) in [5.41, 5.74) is 2.82. The molecule has 2 aromatic carbocycles. The van der Waals surface area contributed by atoms with Gasteiger partial charge in [-0.1, -0.05) is 45.0 Å². The van der Waals surface area contributed by atoms with Gasteiger partial charge in [-0.2, -0.15) is 5.26 Å². The molecule has 2 N–H and O–H groups in total. The van der Waals surface area contributed by atoms with Crippen LogP contribution in [0.25, 0.3) is 16.6 Å². The van der Waals surface area contributed by atoms with E-state index in [-0.39, 0.29) is 22.6 Å². The van der Waals surface area contributed by atoms with E-state index in [1.54, 1.807) is 18.2 Å². The zero-order chi connectivity index (χ0) is 20.3. The van der Waals surface area contributed by atoms with E-state index < -0.39 is 12.6 Å². The summed E-state index contributed by atoms with van der Waals surface area (Å²) < 4.78 is 5.15. The third kappa shape index (κ3) is 4.04. The number of nitriles is 1. The van der Waals surface area contributed by atoms with Gasteiger partial charge >= 0.3 is 5.97 Å². The summed E-state index contributed by atoms with van der Waals surface area (Å²) in [7, 11) is 0. The second-order valence-electron chi connectivity index (χ2n) is 7.44. The summed E-state index contributed by atoms with van der Waals surface area (Å²) in [4.78, 5) is 19.5. The number of aliphatic hydroxyl groups excluding tert-OH is 1. The first kappa shape index (κ1) is 19.2. The van der Waals surface area contributed by atoms with Crippen molar-refractivity contribution in [3.05, 3.63) is 71.2 Å². The summed E-state index contributed by atoms with van der Waals surface area (Å²) >= 11 is 0. The van der Waals surface area contributed by atoms with Crippen LogP contribution in [0, 0.1) is 11.3 Å². The average Bonchev–Trinajstić information content (AvgIpc) is 3.09. The van der Waals surface area contributed by atoms with Crippen molar-refractivity contribution in [3.8, 4) is 6.07 Å². The maximum Gasteiger partial charge on any atom is 0.338 e. The predicted molar refractivity (Wildman–Crippen MR) is 107 cm³/mol. The van der Waals surface area contributed by atoms with E-state index in [1.165, 1.54) is 0 Å². The van der Waals surface area contributed by atoms with Gasteiger partial charge in [0.1, 0.15) is 18.2 Å². The molecular weight excluding hydrogens is 354 g/mol. The Morgan fingerprint density at radius 1 is 1.18 bits per heavy atom. The number of carbonyl (C=O) groups is 1. The second-order valence-corrected chi connectivity index (χ2v) is 7.44. The number of para-hydroxylation sites is 2. The Labute approximate surface area is 163 Å². The first-order valence-electron chi connectivity index (χ1n) is 8.84. The molecule has 0 fully saturated rings. The van der Waals surface area contributed by atoms with Crippen LogP contribution < -0.4 is 0 Å². The van der Waals surface area contributed by atoms with Gasteiger partial charge in [-0.3, -0.25) is 0 Å². The van der Waals surface area contributed by atoms with E-state index in [2.05, 4.69) is 30.7 Å². The molecule has 0 atom stereocenters. The van der Waals surface area contributed by atoms with E-state index in [0.717, 1.165) is 11.1 Å². The highest BCUT2D eigenvalue weighted by atomic mass is 16.5. The number of nitrogens with zero attached hydrogens (tertiary/aromatic N) is 2. The van der Waals surface area contributed by atoms with Crippen LogP contribution in [-0.4, -0.2) is 27.7 Å². The number of hydrogen-bond acceptors (Lipinski definition) is 5. The Balaban J connectivity index is 1.74. The molecule has 1 heterocycles. The molecule has 0 aliphatic rings. The molecule has 0 unspecified atom stereocenters. The minimum Gasteiger partial charge on any atom is -0.507 e. The average molecular weight is 375 g/mol. The zero-order valence-corrected chi connectivity index (χ0v) is 16.0. The molecule has 0 radical (unpaired) electrons. The van der Waals surface area contributed by atoms with E-state index in [4.69, 9.17) is 4.74 Å². The van der Waals surface area contributed by atoms with Crippen molar-refractivity contribution in [1.82, 2.24) is 9.97 Å². The third-order valence-corrected chi connectivity index (χ3v) is 4.35. The number of esters is 1. The fourth-order valence-electron chi connectivity index (χ4n) is 2.72. The summed E-state index contributed by atoms with van der Waals surface area (Å²) in [5, 5.41) is 19.6. The van der Waals surface area contributed by atoms with Crippen LogP contribution >= 0.6 is 0 Å². The van der Waals surface area contributed by atoms with Crippen LogP contribution in [0.3, 0.4) is 0 Å². The van der Waals surface area contributed by atoms with Crippen molar-refractivity contribution >= 4 is 22.6 Å². The number of aromatic nitrogens is 2. The van der Waals surface area contributed by atoms with Gasteiger partial charge in [0.25, 0.3) is 0 Å². The van der Waals surface area contributed by atoms with Crippen LogP contribution in [0.2, 0.25) is 0 Å². The van der Waals surface area contributed by atoms with Gasteiger partial charge in [0.05, 0.1) is 16.6 Å². The van der Waals surface area contributed by atoms with Gasteiger partial charge in [-0.05, 0) is 35.2 Å². The van der Waals surface area contributed by atoms with Crippen LogP contribution in [0.5, 0.6) is 0 Å². The smallest absolute Gasteiger partial charge is 0.338 e. The molecule has 3 rings (SSSR count). The standard InChI is InChI=1S/C22H21N3O3/c1-22(2,3)15-10-8-14(9-11-15)21(27)28-13-19(26)16(12-23)20-24-17-6-4-5-7-18(17)25-20/h4-11,26H,13H2,1-3H3,(H,24,25)/b19-16-. The first-order valence-corrected chi connectivity index (χ1v) is 8.84. The molecular formula is C22H21N3O3. The van der Waals surface area contributed by atoms with Gasteiger partial charge in [0.2, 0.25) is 0 Å². The van der Waals surface area contributed by atoms with Crippen molar-refractivity contribution in [2.24, 2.45) is 0 Å². The molecule has 1 aromatic heterocycles. The summed E-state index contributed by atoms with van der Waals surface area (Å²) in [6, 6.07) is 16.3. The van der Waals surface area contributed by atoms with E-state index in [9.17, 15) is 15.2 Å². The van der Waals surface area contributed by atoms with Gasteiger partial charge in [-0.25, -0.2) is 9.78 Å². The number of fused-ring (bicyclic) bond motifs is 1. The number of H-pyrrole nitrogens is 1. The Morgan fingerprint density at radius 3 is 2.46 bits per heavy atom. The molecule has 6 heteroatoms. The molecule has 0 saturated heterocycles. The quantitative estimate of drug-likeness (QED) is 0.397. The third-order valence-electron chi connectivity index (χ3n) is 4.35. The Kier molecular flexibility index (Phi) is 5.18. The van der Waals surface area contributed by atoms with Crippen molar-refractivity contribution in [2.45, 2.75) is 26.2 Å². The molecule has 0 amide bonds. The van der Waals surface area contributed by atoms with Gasteiger partial charge < -0.3 is 14.8 Å². The highest BCUT2D eigenvalue weighted by Crippen LogP contribution is 2.23. The van der Waals surface area contributed by atoms with Crippen molar-refractivity contribution in [3.63, 3.8) is 0 Å². The predicted octanol–water partition coefficient (Wildman–Crippen LogP) is 4.51. The minimum absolute atomic E-state index is 0.0162. The molecule has 142 valence electrons. The van der Waals surface area contributed by atoms with Gasteiger partial charge in [-0.15, -0.1) is 0 Å². The summed E-state index contributed by atoms with van der Waals surface area (Å²) in [6.45, 7) is 5.85. The van der Waals surface area contributed by atoms with E-state index in [1.807, 2.05) is 36.4 Å². The lowest BCUT2D eigenvalue weighted by Crippen LogP contribution is -2.12. The Hall–Kier alpha value is -3.59. The SMILES string of the molecule is CC(C)(C)c1ccc(C(=O)OC/C(O)=C(\C#N)c2nc3ccccc3[nH]2)cc1. The van der Waals surface area contributed by atoms with E-state index in [0.29, 0.717) is 11.1 Å². The second kappa shape index (κ2) is 7.57. The van der Waals surface area contributed by atoms with Crippen LogP contribution in [0.1, 0.15) is 42.5 Å². The number of benzene rings is 2. The fraction of sp³-hybridized carbons (Fsp3) is 0.227. The minimum atomic E-state index is -0.575. The van der Waals surface area contributed by atoms with Crippen LogP contribution in [0.15, 0.2) is 54.3 Å². The molecule has 6 nitrogen and oxygen atoms in total. The highest BCUT2D eigenvalue weighted by molar-refractivity contribution is 5.89. The number of ether oxygens (including phenoxy) is 1. The van der Waals surface area contributed by atoms with Crippen LogP contribution in [-0.2, 0) is 10.2 Å². The lowest BCUT2D eigenvalue weighted by Gasteiger charge is -2.18. The number of carbonyl (C=O) groups excluding carboxylic acids is 1. The topological polar surface area (TPSA) is 99.0 Å². The number of aromatic amines is 1. The monoisotopic (exact) mass is 375 g/mol. The lowest BCUT2D eigenvalue weighted by molar-refractivity contribution is 0.0502. The maximum atomic E-state index is 12.2. The molecule has 0 spiro atoms. The number of imidazole rings is 1. The Bertz CT molecular complexity index is 1050. The van der Waals surface area contributed by atoms with Gasteiger partial charge in [0.15, 0.2) is 11.6 Å². The molecule has 28 heavy (non-hydrogen) atoms. The number of allylic oxidation sites excluding steroid dienone is 1. The number of rotatable bonds is 4. The maximum absolute atomic E-state index is 12.2. The Morgan fingerprint density at radius 2 is 1.86 bits per heavy atom. The van der Waals surface area contributed by atoms with Gasteiger partial charge in [0, 0.05) is 0 Å². The fourth-order valence-corrected chi connectivity index (χ4v) is 2.72. The van der Waals surface area contributed by atoms with Crippen LogP contribution in [0.4, 0.5) is 0 Å². The normalized spacial score (nSPS) is 12.4. The van der Waals surface area contributed by atoms with E-state index >= 15 is 0 Å². The highest BCUT2D eigenvalue weighted by Gasteiger charge is 2.17. The van der Waals surface area contributed by atoms with Crippen molar-refractivity contribution in [2.75, 3.05) is 6.61 Å². The molecule has 0 bridgehead atoms. The van der Waals surface area contributed by atoms with Crippen molar-refractivity contribution < 1.29 is 14.6 Å². The first-order chi connectivity index (χ1) is 13.3. The largest absolute Gasteiger partial charge is 0.507 e. The number of hydrogen-bond donors (Lipinski definition) is 2. The zero-order valence-electron chi connectivity index (χ0n) is 16.0. The number of aliphatic hydroxyl groups is 1. The van der Waals surface area contributed by atoms with Crippen molar-refractivity contribution in [1.29, 1.82) is 5.26 Å². The summed E-state index contributed by atoms with van der Waals surface area (Å²) in [5.74, 6) is -0.707. The number of nitrogens with one attached hydrogen (secondary N) is 1. The molecule has 0 saturated carbocycles. The molecule has 0 aliphatic heterocycles. The molecule has 0 aliphatic carbocycles. The summed E-state index contributed by atoms with van der Waals surface area (Å²) in [6.07, 6.45) is 0. The molecule has 3 aromatic rings.